The van der Waals surface area contributed by atoms with Crippen molar-refractivity contribution in [1.29, 1.82) is 0 Å². The average Bonchev–Trinajstić information content (AvgIpc) is 2.88. The van der Waals surface area contributed by atoms with Gasteiger partial charge in [-0.15, -0.1) is 0 Å². The number of nitrogens with one attached hydrogen (secondary N) is 1. The summed E-state index contributed by atoms with van der Waals surface area (Å²) in [5, 5.41) is 8.27. The van der Waals surface area contributed by atoms with Gasteiger partial charge in [0.2, 0.25) is 15.9 Å². The summed E-state index contributed by atoms with van der Waals surface area (Å²) in [6.45, 7) is 0. The number of amides is 2. The standard InChI is InChI=1S/C17H16ClN3O5S/c1-26-15-7-4-11(8-13(15)18)21-16(22)9-14(17(21)23)20-10-2-5-12(6-3-10)27(19,24)25/h2-8,14,20H,9H2,1H3,(H2,19,24,25)/t14-/m0/s1. The van der Waals surface area contributed by atoms with Crippen LogP contribution in [-0.4, -0.2) is 33.4 Å². The van der Waals surface area contributed by atoms with Crippen molar-refractivity contribution in [2.24, 2.45) is 5.14 Å². The number of primary sulfonamides is 1. The van der Waals surface area contributed by atoms with Gasteiger partial charge in [0.25, 0.3) is 5.91 Å². The van der Waals surface area contributed by atoms with Crippen molar-refractivity contribution in [3.8, 4) is 5.75 Å². The lowest BCUT2D eigenvalue weighted by atomic mass is 10.2. The fourth-order valence-electron chi connectivity index (χ4n) is 2.75. The Morgan fingerprint density at radius 1 is 1.19 bits per heavy atom. The van der Waals surface area contributed by atoms with Crippen molar-refractivity contribution >= 4 is 44.8 Å². The first-order valence-corrected chi connectivity index (χ1v) is 9.73. The molecule has 0 aromatic heterocycles. The first-order chi connectivity index (χ1) is 12.7. The van der Waals surface area contributed by atoms with Gasteiger partial charge in [0, 0.05) is 5.69 Å². The van der Waals surface area contributed by atoms with Crippen LogP contribution < -0.4 is 20.1 Å². The van der Waals surface area contributed by atoms with E-state index < -0.39 is 22.0 Å². The molecular weight excluding hydrogens is 394 g/mol. The Bertz CT molecular complexity index is 1010. The Hall–Kier alpha value is -2.62. The molecule has 1 aliphatic rings. The maximum absolute atomic E-state index is 12.7. The molecule has 27 heavy (non-hydrogen) atoms. The lowest BCUT2D eigenvalue weighted by Gasteiger charge is -2.17. The molecule has 0 spiro atoms. The van der Waals surface area contributed by atoms with Gasteiger partial charge in [-0.25, -0.2) is 18.5 Å². The third kappa shape index (κ3) is 3.90. The van der Waals surface area contributed by atoms with Gasteiger partial charge in [-0.05, 0) is 42.5 Å². The molecule has 1 aliphatic heterocycles. The molecule has 142 valence electrons. The van der Waals surface area contributed by atoms with Crippen molar-refractivity contribution in [3.05, 3.63) is 47.5 Å². The largest absolute Gasteiger partial charge is 0.495 e. The topological polar surface area (TPSA) is 119 Å². The Morgan fingerprint density at radius 3 is 2.41 bits per heavy atom. The van der Waals surface area contributed by atoms with Gasteiger partial charge >= 0.3 is 0 Å². The van der Waals surface area contributed by atoms with Crippen LogP contribution in [0.15, 0.2) is 47.4 Å². The van der Waals surface area contributed by atoms with Gasteiger partial charge in [0.1, 0.15) is 11.8 Å². The summed E-state index contributed by atoms with van der Waals surface area (Å²) in [4.78, 5) is 26.0. The zero-order valence-corrected chi connectivity index (χ0v) is 15.8. The molecule has 1 heterocycles. The lowest BCUT2D eigenvalue weighted by molar-refractivity contribution is -0.121. The van der Waals surface area contributed by atoms with Crippen LogP contribution in [0.25, 0.3) is 0 Å². The molecule has 1 saturated heterocycles. The summed E-state index contributed by atoms with van der Waals surface area (Å²) in [6, 6.07) is 9.45. The molecule has 1 fully saturated rings. The smallest absolute Gasteiger partial charge is 0.256 e. The van der Waals surface area contributed by atoms with E-state index in [1.807, 2.05) is 0 Å². The van der Waals surface area contributed by atoms with E-state index in [1.165, 1.54) is 37.4 Å². The minimum Gasteiger partial charge on any atom is -0.495 e. The number of nitrogens with zero attached hydrogens (tertiary/aromatic N) is 1. The zero-order chi connectivity index (χ0) is 19.8. The van der Waals surface area contributed by atoms with E-state index in [-0.39, 0.29) is 22.2 Å². The van der Waals surface area contributed by atoms with Crippen molar-refractivity contribution in [1.82, 2.24) is 0 Å². The molecule has 10 heteroatoms. The molecule has 0 unspecified atom stereocenters. The fraction of sp³-hybridized carbons (Fsp3) is 0.176. The second-order valence-corrected chi connectivity index (χ2v) is 7.83. The summed E-state index contributed by atoms with van der Waals surface area (Å²) < 4.78 is 27.6. The summed E-state index contributed by atoms with van der Waals surface area (Å²) in [6.07, 6.45) is -0.0422. The molecule has 8 nitrogen and oxygen atoms in total. The molecule has 2 amide bonds. The number of halogens is 1. The van der Waals surface area contributed by atoms with E-state index in [2.05, 4.69) is 5.32 Å². The second kappa shape index (κ2) is 7.18. The lowest BCUT2D eigenvalue weighted by Crippen LogP contribution is -2.34. The van der Waals surface area contributed by atoms with Crippen LogP contribution in [0.5, 0.6) is 5.75 Å². The normalized spacial score (nSPS) is 17.3. The molecule has 0 bridgehead atoms. The first kappa shape index (κ1) is 19.2. The highest BCUT2D eigenvalue weighted by atomic mass is 35.5. The van der Waals surface area contributed by atoms with Gasteiger partial charge in [-0.3, -0.25) is 9.59 Å². The number of carbonyl (C=O) groups excluding carboxylic acids is 2. The van der Waals surface area contributed by atoms with Crippen LogP contribution in [0.2, 0.25) is 5.02 Å². The van der Waals surface area contributed by atoms with E-state index in [9.17, 15) is 18.0 Å². The molecule has 3 N–H and O–H groups in total. The molecule has 0 saturated carbocycles. The third-order valence-electron chi connectivity index (χ3n) is 4.06. The highest BCUT2D eigenvalue weighted by Crippen LogP contribution is 2.32. The monoisotopic (exact) mass is 409 g/mol. The number of sulfonamides is 1. The molecule has 3 rings (SSSR count). The molecule has 1 atom stereocenters. The fourth-order valence-corrected chi connectivity index (χ4v) is 3.52. The maximum Gasteiger partial charge on any atom is 0.256 e. The van der Waals surface area contributed by atoms with Crippen LogP contribution in [0.4, 0.5) is 11.4 Å². The van der Waals surface area contributed by atoms with Crippen LogP contribution >= 0.6 is 11.6 Å². The number of hydrogen-bond donors (Lipinski definition) is 2. The van der Waals surface area contributed by atoms with Gasteiger partial charge < -0.3 is 10.1 Å². The first-order valence-electron chi connectivity index (χ1n) is 7.80. The van der Waals surface area contributed by atoms with Crippen LogP contribution in [0, 0.1) is 0 Å². The summed E-state index contributed by atoms with van der Waals surface area (Å²) in [7, 11) is -2.33. The van der Waals surface area contributed by atoms with E-state index >= 15 is 0 Å². The molecule has 0 aliphatic carbocycles. The SMILES string of the molecule is COc1ccc(N2C(=O)C[C@H](Nc3ccc(S(N)(=O)=O)cc3)C2=O)cc1Cl. The van der Waals surface area contributed by atoms with Gasteiger partial charge in [0.15, 0.2) is 0 Å². The number of carbonyl (C=O) groups is 2. The number of nitrogens with two attached hydrogens (primary N) is 1. The number of anilines is 2. The highest BCUT2D eigenvalue weighted by Gasteiger charge is 2.39. The predicted molar refractivity (Wildman–Crippen MR) is 100 cm³/mol. The number of imide groups is 1. The number of methoxy groups -OCH3 is 1. The Balaban J connectivity index is 1.79. The molecule has 0 radical (unpaired) electrons. The Morgan fingerprint density at radius 2 is 1.85 bits per heavy atom. The minimum absolute atomic E-state index is 0.0422. The van der Waals surface area contributed by atoms with Crippen LogP contribution in [-0.2, 0) is 19.6 Å². The van der Waals surface area contributed by atoms with Crippen LogP contribution in [0.1, 0.15) is 6.42 Å². The Labute approximate surface area is 160 Å². The summed E-state index contributed by atoms with van der Waals surface area (Å²) >= 11 is 6.07. The Kier molecular flexibility index (Phi) is 5.09. The summed E-state index contributed by atoms with van der Waals surface area (Å²) in [5.41, 5.74) is 0.841. The van der Waals surface area contributed by atoms with E-state index in [0.717, 1.165) is 4.90 Å². The average molecular weight is 410 g/mol. The third-order valence-corrected chi connectivity index (χ3v) is 5.29. The molecule has 2 aromatic rings. The molecule has 2 aromatic carbocycles. The van der Waals surface area contributed by atoms with Gasteiger partial charge in [-0.1, -0.05) is 11.6 Å². The van der Waals surface area contributed by atoms with E-state index in [4.69, 9.17) is 21.5 Å². The van der Waals surface area contributed by atoms with Crippen molar-refractivity contribution < 1.29 is 22.7 Å². The van der Waals surface area contributed by atoms with Crippen molar-refractivity contribution in [2.45, 2.75) is 17.4 Å². The minimum atomic E-state index is -3.80. The van der Waals surface area contributed by atoms with E-state index in [1.54, 1.807) is 12.1 Å². The molecular formula is C17H16ClN3O5S. The summed E-state index contributed by atoms with van der Waals surface area (Å²) in [5.74, 6) is -0.374. The van der Waals surface area contributed by atoms with Crippen LogP contribution in [0.3, 0.4) is 0 Å². The maximum atomic E-state index is 12.7. The highest BCUT2D eigenvalue weighted by molar-refractivity contribution is 7.89. The number of hydrogen-bond acceptors (Lipinski definition) is 6. The second-order valence-electron chi connectivity index (χ2n) is 5.86. The zero-order valence-electron chi connectivity index (χ0n) is 14.2. The quantitative estimate of drug-likeness (QED) is 0.726. The van der Waals surface area contributed by atoms with Gasteiger partial charge in [0.05, 0.1) is 29.1 Å². The van der Waals surface area contributed by atoms with Crippen molar-refractivity contribution in [2.75, 3.05) is 17.3 Å². The van der Waals surface area contributed by atoms with Gasteiger partial charge in [-0.2, -0.15) is 0 Å². The predicted octanol–water partition coefficient (Wildman–Crippen LogP) is 1.74. The van der Waals surface area contributed by atoms with E-state index in [0.29, 0.717) is 17.1 Å². The number of benzene rings is 2. The van der Waals surface area contributed by atoms with Crippen molar-refractivity contribution in [3.63, 3.8) is 0 Å². The number of ether oxygens (including phenoxy) is 1. The number of rotatable bonds is 5.